The number of carbonyl (C=O) groups is 1. The second-order valence-electron chi connectivity index (χ2n) is 6.40. The van der Waals surface area contributed by atoms with E-state index in [4.69, 9.17) is 0 Å². The predicted molar refractivity (Wildman–Crippen MR) is 95.8 cm³/mol. The molecule has 5 heteroatoms. The van der Waals surface area contributed by atoms with E-state index in [0.29, 0.717) is 11.2 Å². The summed E-state index contributed by atoms with van der Waals surface area (Å²) in [7, 11) is 0. The molecular formula is C18H23N3OS. The quantitative estimate of drug-likeness (QED) is 0.901. The van der Waals surface area contributed by atoms with Gasteiger partial charge in [0.25, 0.3) is 0 Å². The van der Waals surface area contributed by atoms with Gasteiger partial charge < -0.3 is 10.6 Å². The topological polar surface area (TPSA) is 54.0 Å². The van der Waals surface area contributed by atoms with E-state index in [1.165, 1.54) is 22.5 Å². The van der Waals surface area contributed by atoms with Crippen LogP contribution >= 0.6 is 11.3 Å². The third-order valence-corrected chi connectivity index (χ3v) is 5.29. The zero-order chi connectivity index (χ0) is 16.4. The molecule has 0 saturated carbocycles. The number of rotatable bonds is 3. The largest absolute Gasteiger partial charge is 0.314 e. The molecule has 3 rings (SSSR count). The normalized spacial score (nSPS) is 21.2. The third kappa shape index (κ3) is 3.79. The Bertz CT molecular complexity index is 710. The molecule has 0 radical (unpaired) electrons. The van der Waals surface area contributed by atoms with Crippen molar-refractivity contribution in [2.75, 3.05) is 11.9 Å². The summed E-state index contributed by atoms with van der Waals surface area (Å²) in [5, 5.41) is 9.06. The van der Waals surface area contributed by atoms with Crippen LogP contribution in [0.1, 0.15) is 30.9 Å². The zero-order valence-electron chi connectivity index (χ0n) is 13.8. The summed E-state index contributed by atoms with van der Waals surface area (Å²) in [6, 6.07) is 6.74. The maximum atomic E-state index is 12.4. The Balaban J connectivity index is 1.69. The lowest BCUT2D eigenvalue weighted by Gasteiger charge is -2.26. The highest BCUT2D eigenvalue weighted by atomic mass is 32.1. The number of amides is 1. The molecule has 2 aromatic rings. The van der Waals surface area contributed by atoms with Gasteiger partial charge in [-0.25, -0.2) is 4.98 Å². The first-order chi connectivity index (χ1) is 11.0. The number of nitrogens with one attached hydrogen (secondary N) is 2. The van der Waals surface area contributed by atoms with Crippen LogP contribution in [0.4, 0.5) is 5.13 Å². The average molecular weight is 329 g/mol. The summed E-state index contributed by atoms with van der Waals surface area (Å²) in [4.78, 5) is 17.0. The maximum absolute atomic E-state index is 12.4. The Morgan fingerprint density at radius 2 is 2.17 bits per heavy atom. The summed E-state index contributed by atoms with van der Waals surface area (Å²) in [5.41, 5.74) is 4.55. The van der Waals surface area contributed by atoms with Gasteiger partial charge in [0.05, 0.1) is 5.69 Å². The SMILES string of the molecule is Cc1ccc(-c2csc(NC(=O)[C@H]3CCN[C@@H](C)C3)n2)cc1C. The summed E-state index contributed by atoms with van der Waals surface area (Å²) in [6.45, 7) is 7.24. The van der Waals surface area contributed by atoms with Gasteiger partial charge in [0.2, 0.25) is 5.91 Å². The van der Waals surface area contributed by atoms with E-state index >= 15 is 0 Å². The van der Waals surface area contributed by atoms with Crippen LogP contribution in [0.25, 0.3) is 11.3 Å². The fourth-order valence-electron chi connectivity index (χ4n) is 2.94. The van der Waals surface area contributed by atoms with Crippen molar-refractivity contribution in [3.05, 3.63) is 34.7 Å². The molecule has 2 atom stereocenters. The van der Waals surface area contributed by atoms with Crippen LogP contribution in [0.2, 0.25) is 0 Å². The summed E-state index contributed by atoms with van der Waals surface area (Å²) < 4.78 is 0. The molecule has 0 spiro atoms. The highest BCUT2D eigenvalue weighted by Gasteiger charge is 2.25. The minimum atomic E-state index is 0.0835. The second-order valence-corrected chi connectivity index (χ2v) is 7.26. The van der Waals surface area contributed by atoms with Crippen molar-refractivity contribution in [1.29, 1.82) is 0 Å². The number of aromatic nitrogens is 1. The van der Waals surface area contributed by atoms with Crippen molar-refractivity contribution in [2.45, 2.75) is 39.7 Å². The van der Waals surface area contributed by atoms with Crippen molar-refractivity contribution < 1.29 is 4.79 Å². The molecule has 4 nitrogen and oxygen atoms in total. The first-order valence-electron chi connectivity index (χ1n) is 8.10. The van der Waals surface area contributed by atoms with Crippen LogP contribution in [0.5, 0.6) is 0 Å². The highest BCUT2D eigenvalue weighted by Crippen LogP contribution is 2.27. The van der Waals surface area contributed by atoms with Crippen molar-refractivity contribution in [3.63, 3.8) is 0 Å². The minimum absolute atomic E-state index is 0.0835. The van der Waals surface area contributed by atoms with Gasteiger partial charge in [-0.1, -0.05) is 12.1 Å². The van der Waals surface area contributed by atoms with E-state index in [1.54, 1.807) is 0 Å². The number of piperidine rings is 1. The van der Waals surface area contributed by atoms with Crippen LogP contribution in [0.3, 0.4) is 0 Å². The lowest BCUT2D eigenvalue weighted by molar-refractivity contribution is -0.120. The fraction of sp³-hybridized carbons (Fsp3) is 0.444. The Morgan fingerprint density at radius 1 is 1.35 bits per heavy atom. The standard InChI is InChI=1S/C18H23N3OS/c1-11-4-5-14(8-12(11)2)16-10-23-18(20-16)21-17(22)15-6-7-19-13(3)9-15/h4-5,8,10,13,15,19H,6-7,9H2,1-3H3,(H,20,21,22)/t13-,15-/m0/s1. The van der Waals surface area contributed by atoms with E-state index in [-0.39, 0.29) is 11.8 Å². The van der Waals surface area contributed by atoms with Gasteiger partial charge in [-0.3, -0.25) is 4.79 Å². The zero-order valence-corrected chi connectivity index (χ0v) is 14.7. The van der Waals surface area contributed by atoms with Gasteiger partial charge in [-0.05, 0) is 57.4 Å². The van der Waals surface area contributed by atoms with E-state index in [9.17, 15) is 4.79 Å². The Labute approximate surface area is 141 Å². The van der Waals surface area contributed by atoms with Crippen LogP contribution in [-0.4, -0.2) is 23.5 Å². The number of nitrogens with zero attached hydrogens (tertiary/aromatic N) is 1. The van der Waals surface area contributed by atoms with Gasteiger partial charge in [0.1, 0.15) is 0 Å². The molecule has 1 aliphatic rings. The first kappa shape index (κ1) is 16.1. The molecular weight excluding hydrogens is 306 g/mol. The van der Waals surface area contributed by atoms with E-state index in [1.807, 2.05) is 5.38 Å². The molecule has 2 N–H and O–H groups in total. The monoisotopic (exact) mass is 329 g/mol. The van der Waals surface area contributed by atoms with E-state index in [2.05, 4.69) is 54.6 Å². The van der Waals surface area contributed by atoms with E-state index in [0.717, 1.165) is 30.6 Å². The van der Waals surface area contributed by atoms with Crippen LogP contribution in [-0.2, 0) is 4.79 Å². The van der Waals surface area contributed by atoms with Crippen molar-refractivity contribution in [2.24, 2.45) is 5.92 Å². The number of thiazole rings is 1. The van der Waals surface area contributed by atoms with Crippen molar-refractivity contribution >= 4 is 22.4 Å². The molecule has 1 saturated heterocycles. The Morgan fingerprint density at radius 3 is 2.91 bits per heavy atom. The molecule has 1 fully saturated rings. The van der Waals surface area contributed by atoms with Gasteiger partial charge in [0, 0.05) is 22.9 Å². The van der Waals surface area contributed by atoms with Gasteiger partial charge >= 0.3 is 0 Å². The summed E-state index contributed by atoms with van der Waals surface area (Å²) >= 11 is 1.49. The molecule has 2 heterocycles. The van der Waals surface area contributed by atoms with Crippen LogP contribution in [0, 0.1) is 19.8 Å². The maximum Gasteiger partial charge on any atom is 0.229 e. The number of carbonyl (C=O) groups excluding carboxylic acids is 1. The second kappa shape index (κ2) is 6.81. The first-order valence-corrected chi connectivity index (χ1v) is 8.98. The third-order valence-electron chi connectivity index (χ3n) is 4.53. The number of anilines is 1. The number of benzene rings is 1. The van der Waals surface area contributed by atoms with Gasteiger partial charge in [-0.15, -0.1) is 11.3 Å². The average Bonchev–Trinajstić information content (AvgIpc) is 2.98. The number of hydrogen-bond donors (Lipinski definition) is 2. The van der Waals surface area contributed by atoms with Crippen LogP contribution < -0.4 is 10.6 Å². The molecule has 1 aliphatic heterocycles. The molecule has 0 unspecified atom stereocenters. The fourth-order valence-corrected chi connectivity index (χ4v) is 3.66. The summed E-state index contributed by atoms with van der Waals surface area (Å²) in [5.74, 6) is 0.180. The Kier molecular flexibility index (Phi) is 4.78. The molecule has 0 bridgehead atoms. The summed E-state index contributed by atoms with van der Waals surface area (Å²) in [6.07, 6.45) is 1.78. The van der Waals surface area contributed by atoms with Gasteiger partial charge in [0.15, 0.2) is 5.13 Å². The molecule has 1 aromatic heterocycles. The molecule has 23 heavy (non-hydrogen) atoms. The van der Waals surface area contributed by atoms with Crippen molar-refractivity contribution in [3.8, 4) is 11.3 Å². The molecule has 122 valence electrons. The highest BCUT2D eigenvalue weighted by molar-refractivity contribution is 7.14. The molecule has 0 aliphatic carbocycles. The predicted octanol–water partition coefficient (Wildman–Crippen LogP) is 3.75. The molecule has 1 amide bonds. The smallest absolute Gasteiger partial charge is 0.229 e. The Hall–Kier alpha value is -1.72. The number of hydrogen-bond acceptors (Lipinski definition) is 4. The lowest BCUT2D eigenvalue weighted by atomic mass is 9.92. The number of aryl methyl sites for hydroxylation is 2. The minimum Gasteiger partial charge on any atom is -0.314 e. The van der Waals surface area contributed by atoms with Gasteiger partial charge in [-0.2, -0.15) is 0 Å². The molecule has 1 aromatic carbocycles. The van der Waals surface area contributed by atoms with E-state index < -0.39 is 0 Å². The van der Waals surface area contributed by atoms with Crippen molar-refractivity contribution in [1.82, 2.24) is 10.3 Å². The van der Waals surface area contributed by atoms with Crippen LogP contribution in [0.15, 0.2) is 23.6 Å². The lowest BCUT2D eigenvalue weighted by Crippen LogP contribution is -2.40.